The molecule has 2 aromatic carbocycles. The molecule has 0 aliphatic heterocycles. The quantitative estimate of drug-likeness (QED) is 0.827. The van der Waals surface area contributed by atoms with Gasteiger partial charge in [-0.05, 0) is 54.2 Å². The summed E-state index contributed by atoms with van der Waals surface area (Å²) in [6, 6.07) is 13.9. The number of carbonyl (C=O) groups excluding carboxylic acids is 1. The van der Waals surface area contributed by atoms with Gasteiger partial charge in [0.1, 0.15) is 12.4 Å². The van der Waals surface area contributed by atoms with Crippen molar-refractivity contribution in [3.05, 3.63) is 64.7 Å². The van der Waals surface area contributed by atoms with Gasteiger partial charge in [-0.2, -0.15) is 0 Å². The van der Waals surface area contributed by atoms with Crippen molar-refractivity contribution < 1.29 is 9.53 Å². The topological polar surface area (TPSA) is 38.3 Å². The fourth-order valence-electron chi connectivity index (χ4n) is 2.41. The third-order valence-corrected chi connectivity index (χ3v) is 4.00. The molecule has 128 valence electrons. The molecule has 0 aliphatic rings. The Kier molecular flexibility index (Phi) is 5.66. The zero-order valence-electron chi connectivity index (χ0n) is 15.3. The molecule has 0 aliphatic carbocycles. The Morgan fingerprint density at radius 3 is 2.33 bits per heavy atom. The lowest BCUT2D eigenvalue weighted by molar-refractivity contribution is 0.0947. The van der Waals surface area contributed by atoms with Crippen LogP contribution in [0, 0.1) is 13.8 Å². The Bertz CT molecular complexity index is 697. The van der Waals surface area contributed by atoms with Crippen molar-refractivity contribution in [1.82, 2.24) is 5.32 Å². The Morgan fingerprint density at radius 1 is 1.04 bits per heavy atom. The number of benzene rings is 2. The van der Waals surface area contributed by atoms with E-state index in [1.54, 1.807) is 0 Å². The third-order valence-electron chi connectivity index (χ3n) is 4.00. The van der Waals surface area contributed by atoms with E-state index in [4.69, 9.17) is 4.74 Å². The van der Waals surface area contributed by atoms with E-state index in [0.717, 1.165) is 11.3 Å². The minimum absolute atomic E-state index is 0.0694. The second-order valence-electron chi connectivity index (χ2n) is 7.20. The van der Waals surface area contributed by atoms with Crippen LogP contribution in [0.15, 0.2) is 42.5 Å². The molecule has 1 N–H and O–H groups in total. The lowest BCUT2D eigenvalue weighted by atomic mass is 9.87. The van der Waals surface area contributed by atoms with Gasteiger partial charge in [-0.15, -0.1) is 0 Å². The lowest BCUT2D eigenvalue weighted by Crippen LogP contribution is -2.28. The van der Waals surface area contributed by atoms with E-state index in [1.807, 2.05) is 50.2 Å². The van der Waals surface area contributed by atoms with Crippen molar-refractivity contribution in [1.29, 1.82) is 0 Å². The Hall–Kier alpha value is -2.29. The van der Waals surface area contributed by atoms with Crippen LogP contribution in [0.1, 0.15) is 47.8 Å². The minimum Gasteiger partial charge on any atom is -0.491 e. The summed E-state index contributed by atoms with van der Waals surface area (Å²) >= 11 is 0. The molecule has 2 aromatic rings. The molecule has 0 unspecified atom stereocenters. The molecule has 0 radical (unpaired) electrons. The molecule has 0 spiro atoms. The van der Waals surface area contributed by atoms with Gasteiger partial charge in [-0.1, -0.05) is 45.0 Å². The van der Waals surface area contributed by atoms with Crippen LogP contribution in [-0.4, -0.2) is 19.1 Å². The SMILES string of the molecule is Cc1ccc(C)c(OCCNC(=O)c2ccc(C(C)(C)C)cc2)c1. The summed E-state index contributed by atoms with van der Waals surface area (Å²) in [6.45, 7) is 11.5. The standard InChI is InChI=1S/C21H27NO2/c1-15-6-7-16(2)19(14-15)24-13-12-22-20(23)17-8-10-18(11-9-17)21(3,4)5/h6-11,14H,12-13H2,1-5H3,(H,22,23). The Morgan fingerprint density at radius 2 is 1.71 bits per heavy atom. The van der Waals surface area contributed by atoms with Gasteiger partial charge in [-0.3, -0.25) is 4.79 Å². The molecule has 3 heteroatoms. The van der Waals surface area contributed by atoms with Gasteiger partial charge in [0.25, 0.3) is 5.91 Å². The molecule has 0 bridgehead atoms. The molecule has 0 saturated heterocycles. The summed E-state index contributed by atoms with van der Waals surface area (Å²) in [4.78, 5) is 12.2. The van der Waals surface area contributed by atoms with Gasteiger partial charge in [0, 0.05) is 5.56 Å². The predicted octanol–water partition coefficient (Wildman–Crippen LogP) is 4.41. The Labute approximate surface area is 145 Å². The van der Waals surface area contributed by atoms with Crippen LogP contribution in [0.5, 0.6) is 5.75 Å². The second-order valence-corrected chi connectivity index (χ2v) is 7.20. The molecule has 0 heterocycles. The zero-order valence-corrected chi connectivity index (χ0v) is 15.3. The molecule has 1 amide bonds. The lowest BCUT2D eigenvalue weighted by Gasteiger charge is -2.19. The molecule has 0 saturated carbocycles. The van der Waals surface area contributed by atoms with Gasteiger partial charge in [0.05, 0.1) is 6.54 Å². The predicted molar refractivity (Wildman–Crippen MR) is 98.9 cm³/mol. The fourth-order valence-corrected chi connectivity index (χ4v) is 2.41. The first-order chi connectivity index (χ1) is 11.3. The summed E-state index contributed by atoms with van der Waals surface area (Å²) in [5, 5.41) is 2.90. The average molecular weight is 325 g/mol. The highest BCUT2D eigenvalue weighted by Crippen LogP contribution is 2.22. The molecule has 0 fully saturated rings. The van der Waals surface area contributed by atoms with Crippen LogP contribution in [0.3, 0.4) is 0 Å². The van der Waals surface area contributed by atoms with Crippen molar-refractivity contribution in [2.24, 2.45) is 0 Å². The number of carbonyl (C=O) groups is 1. The van der Waals surface area contributed by atoms with E-state index < -0.39 is 0 Å². The van der Waals surface area contributed by atoms with Crippen LogP contribution in [0.2, 0.25) is 0 Å². The summed E-state index contributed by atoms with van der Waals surface area (Å²) in [6.07, 6.45) is 0. The van der Waals surface area contributed by atoms with Crippen LogP contribution in [0.25, 0.3) is 0 Å². The second kappa shape index (κ2) is 7.52. The van der Waals surface area contributed by atoms with Gasteiger partial charge in [0.15, 0.2) is 0 Å². The zero-order chi connectivity index (χ0) is 17.7. The van der Waals surface area contributed by atoms with Gasteiger partial charge < -0.3 is 10.1 Å². The van der Waals surface area contributed by atoms with E-state index in [-0.39, 0.29) is 11.3 Å². The van der Waals surface area contributed by atoms with E-state index in [9.17, 15) is 4.79 Å². The van der Waals surface area contributed by atoms with Crippen LogP contribution in [0.4, 0.5) is 0 Å². The van der Waals surface area contributed by atoms with E-state index in [0.29, 0.717) is 18.7 Å². The van der Waals surface area contributed by atoms with Gasteiger partial charge >= 0.3 is 0 Å². The molecule has 0 atom stereocenters. The van der Waals surface area contributed by atoms with E-state index in [1.165, 1.54) is 11.1 Å². The molecule has 0 aromatic heterocycles. The minimum atomic E-state index is -0.0694. The number of hydrogen-bond donors (Lipinski definition) is 1. The van der Waals surface area contributed by atoms with Crippen molar-refractivity contribution >= 4 is 5.91 Å². The highest BCUT2D eigenvalue weighted by atomic mass is 16.5. The first-order valence-corrected chi connectivity index (χ1v) is 8.36. The summed E-state index contributed by atoms with van der Waals surface area (Å²) < 4.78 is 5.75. The number of nitrogens with one attached hydrogen (secondary N) is 1. The van der Waals surface area contributed by atoms with Crippen LogP contribution < -0.4 is 10.1 Å². The Balaban J connectivity index is 1.84. The number of aryl methyl sites for hydroxylation is 2. The maximum absolute atomic E-state index is 12.2. The smallest absolute Gasteiger partial charge is 0.251 e. The molecule has 24 heavy (non-hydrogen) atoms. The first kappa shape index (κ1) is 18.1. The van der Waals surface area contributed by atoms with E-state index in [2.05, 4.69) is 32.2 Å². The van der Waals surface area contributed by atoms with Crippen molar-refractivity contribution in [2.45, 2.75) is 40.0 Å². The monoisotopic (exact) mass is 325 g/mol. The number of rotatable bonds is 5. The fraction of sp³-hybridized carbons (Fsp3) is 0.381. The normalized spacial score (nSPS) is 11.2. The largest absolute Gasteiger partial charge is 0.491 e. The highest BCUT2D eigenvalue weighted by molar-refractivity contribution is 5.94. The van der Waals surface area contributed by atoms with Gasteiger partial charge in [-0.25, -0.2) is 0 Å². The van der Waals surface area contributed by atoms with E-state index >= 15 is 0 Å². The van der Waals surface area contributed by atoms with Crippen LogP contribution in [-0.2, 0) is 5.41 Å². The molecular formula is C21H27NO2. The van der Waals surface area contributed by atoms with Crippen molar-refractivity contribution in [3.63, 3.8) is 0 Å². The maximum atomic E-state index is 12.2. The summed E-state index contributed by atoms with van der Waals surface area (Å²) in [7, 11) is 0. The van der Waals surface area contributed by atoms with Crippen molar-refractivity contribution in [2.75, 3.05) is 13.2 Å². The number of ether oxygens (including phenoxy) is 1. The highest BCUT2D eigenvalue weighted by Gasteiger charge is 2.14. The van der Waals surface area contributed by atoms with Crippen LogP contribution >= 0.6 is 0 Å². The first-order valence-electron chi connectivity index (χ1n) is 8.36. The summed E-state index contributed by atoms with van der Waals surface area (Å²) in [5.41, 5.74) is 4.25. The number of amides is 1. The van der Waals surface area contributed by atoms with Crippen molar-refractivity contribution in [3.8, 4) is 5.75 Å². The average Bonchev–Trinajstić information content (AvgIpc) is 2.53. The van der Waals surface area contributed by atoms with Gasteiger partial charge in [0.2, 0.25) is 0 Å². The molecule has 2 rings (SSSR count). The molecular weight excluding hydrogens is 298 g/mol. The molecule has 3 nitrogen and oxygen atoms in total. The maximum Gasteiger partial charge on any atom is 0.251 e. The number of hydrogen-bond acceptors (Lipinski definition) is 2. The third kappa shape index (κ3) is 4.85. The summed E-state index contributed by atoms with van der Waals surface area (Å²) in [5.74, 6) is 0.804.